The summed E-state index contributed by atoms with van der Waals surface area (Å²) in [5.41, 5.74) is 2.02. The molecule has 0 saturated carbocycles. The van der Waals surface area contributed by atoms with E-state index in [0.29, 0.717) is 39.3 Å². The van der Waals surface area contributed by atoms with E-state index in [1.54, 1.807) is 4.90 Å². The molecule has 28 heavy (non-hydrogen) atoms. The van der Waals surface area contributed by atoms with Crippen LogP contribution < -0.4 is 5.32 Å². The van der Waals surface area contributed by atoms with Crippen LogP contribution in [-0.4, -0.2) is 49.6 Å². The van der Waals surface area contributed by atoms with Crippen molar-refractivity contribution in [3.8, 4) is 0 Å². The molecular formula is C22H26N2O4. The number of rotatable bonds is 5. The van der Waals surface area contributed by atoms with Gasteiger partial charge in [-0.05, 0) is 17.7 Å². The van der Waals surface area contributed by atoms with Crippen molar-refractivity contribution in [2.24, 2.45) is 5.92 Å². The van der Waals surface area contributed by atoms with Gasteiger partial charge in [0.2, 0.25) is 0 Å². The molecule has 2 aromatic rings. The molecule has 4 rings (SSSR count). The van der Waals surface area contributed by atoms with Gasteiger partial charge in [-0.25, -0.2) is 4.79 Å². The van der Waals surface area contributed by atoms with Crippen LogP contribution in [0.25, 0.3) is 0 Å². The molecule has 2 heterocycles. The fraction of sp³-hybridized carbons (Fsp3) is 0.409. The third-order valence-corrected chi connectivity index (χ3v) is 5.36. The van der Waals surface area contributed by atoms with E-state index in [2.05, 4.69) is 5.32 Å². The molecule has 2 aliphatic rings. The first kappa shape index (κ1) is 18.8. The van der Waals surface area contributed by atoms with Gasteiger partial charge in [-0.2, -0.15) is 0 Å². The number of hydrogen-bond donors (Lipinski definition) is 1. The Bertz CT molecular complexity index is 763. The quantitative estimate of drug-likeness (QED) is 0.858. The molecular weight excluding hydrogens is 356 g/mol. The highest BCUT2D eigenvalue weighted by molar-refractivity contribution is 5.67. The molecule has 0 bridgehead atoms. The summed E-state index contributed by atoms with van der Waals surface area (Å²) in [7, 11) is 0. The van der Waals surface area contributed by atoms with Crippen LogP contribution in [0, 0.1) is 5.92 Å². The number of nitrogens with one attached hydrogen (secondary N) is 1. The van der Waals surface area contributed by atoms with Crippen molar-refractivity contribution in [3.63, 3.8) is 0 Å². The molecule has 2 aliphatic heterocycles. The second-order valence-electron chi connectivity index (χ2n) is 7.19. The average Bonchev–Trinajstić information content (AvgIpc) is 3.22. The number of piperidine rings is 1. The third kappa shape index (κ3) is 4.29. The largest absolute Gasteiger partial charge is 0.445 e. The molecule has 6 heteroatoms. The van der Waals surface area contributed by atoms with Gasteiger partial charge < -0.3 is 24.4 Å². The molecule has 2 aromatic carbocycles. The monoisotopic (exact) mass is 382 g/mol. The van der Waals surface area contributed by atoms with Crippen LogP contribution in [0.2, 0.25) is 0 Å². The molecule has 0 aliphatic carbocycles. The molecule has 148 valence electrons. The lowest BCUT2D eigenvalue weighted by Gasteiger charge is -2.43. The average molecular weight is 382 g/mol. The van der Waals surface area contributed by atoms with Gasteiger partial charge in [-0.1, -0.05) is 48.5 Å². The zero-order valence-corrected chi connectivity index (χ0v) is 15.9. The lowest BCUT2D eigenvalue weighted by molar-refractivity contribution is -0.214. The van der Waals surface area contributed by atoms with Gasteiger partial charge in [0, 0.05) is 37.7 Å². The van der Waals surface area contributed by atoms with Crippen LogP contribution in [-0.2, 0) is 20.8 Å². The minimum Gasteiger partial charge on any atom is -0.445 e. The van der Waals surface area contributed by atoms with E-state index in [4.69, 9.17) is 14.2 Å². The van der Waals surface area contributed by atoms with Crippen LogP contribution >= 0.6 is 0 Å². The number of amides is 1. The SMILES string of the molecule is O=C(OCc1ccccc1)N1CCC2(OCCO2)C(CNc2ccccc2)C1. The van der Waals surface area contributed by atoms with E-state index >= 15 is 0 Å². The summed E-state index contributed by atoms with van der Waals surface area (Å²) in [4.78, 5) is 14.4. The second kappa shape index (κ2) is 8.63. The molecule has 2 saturated heterocycles. The number of para-hydroxylation sites is 1. The molecule has 1 N–H and O–H groups in total. The van der Waals surface area contributed by atoms with Gasteiger partial charge in [0.15, 0.2) is 5.79 Å². The molecule has 1 atom stereocenters. The van der Waals surface area contributed by atoms with E-state index < -0.39 is 5.79 Å². The zero-order valence-electron chi connectivity index (χ0n) is 15.9. The van der Waals surface area contributed by atoms with Gasteiger partial charge in [-0.3, -0.25) is 0 Å². The fourth-order valence-corrected chi connectivity index (χ4v) is 3.84. The summed E-state index contributed by atoms with van der Waals surface area (Å²) in [5.74, 6) is -0.592. The Morgan fingerprint density at radius 2 is 1.75 bits per heavy atom. The Labute approximate surface area is 165 Å². The number of benzene rings is 2. The van der Waals surface area contributed by atoms with Crippen LogP contribution in [0.15, 0.2) is 60.7 Å². The molecule has 1 spiro atoms. The molecule has 1 unspecified atom stereocenters. The predicted octanol–water partition coefficient (Wildman–Crippen LogP) is 3.50. The predicted molar refractivity (Wildman–Crippen MR) is 106 cm³/mol. The summed E-state index contributed by atoms with van der Waals surface area (Å²) in [6.07, 6.45) is 0.357. The highest BCUT2D eigenvalue weighted by atomic mass is 16.7. The first-order valence-corrected chi connectivity index (χ1v) is 9.78. The summed E-state index contributed by atoms with van der Waals surface area (Å²) in [6.45, 7) is 3.23. The van der Waals surface area contributed by atoms with E-state index in [0.717, 1.165) is 11.3 Å². The number of carbonyl (C=O) groups is 1. The topological polar surface area (TPSA) is 60.0 Å². The molecule has 0 radical (unpaired) electrons. The van der Waals surface area contributed by atoms with Gasteiger partial charge in [-0.15, -0.1) is 0 Å². The lowest BCUT2D eigenvalue weighted by atomic mass is 9.90. The molecule has 6 nitrogen and oxygen atoms in total. The maximum atomic E-state index is 12.6. The number of likely N-dealkylation sites (tertiary alicyclic amines) is 1. The van der Waals surface area contributed by atoms with Crippen LogP contribution in [0.4, 0.5) is 10.5 Å². The van der Waals surface area contributed by atoms with Crippen molar-refractivity contribution < 1.29 is 19.0 Å². The smallest absolute Gasteiger partial charge is 0.410 e. The van der Waals surface area contributed by atoms with Crippen LogP contribution in [0.5, 0.6) is 0 Å². The third-order valence-electron chi connectivity index (χ3n) is 5.36. The number of carbonyl (C=O) groups excluding carboxylic acids is 1. The van der Waals surface area contributed by atoms with E-state index in [9.17, 15) is 4.79 Å². The maximum Gasteiger partial charge on any atom is 0.410 e. The highest BCUT2D eigenvalue weighted by Crippen LogP contribution is 2.36. The number of hydrogen-bond acceptors (Lipinski definition) is 5. The maximum absolute atomic E-state index is 12.6. The zero-order chi connectivity index (χ0) is 19.2. The number of nitrogens with zero attached hydrogens (tertiary/aromatic N) is 1. The van der Waals surface area contributed by atoms with Gasteiger partial charge >= 0.3 is 6.09 Å². The van der Waals surface area contributed by atoms with E-state index in [-0.39, 0.29) is 18.6 Å². The van der Waals surface area contributed by atoms with E-state index in [1.807, 2.05) is 60.7 Å². The van der Waals surface area contributed by atoms with Crippen molar-refractivity contribution in [2.45, 2.75) is 18.8 Å². The van der Waals surface area contributed by atoms with Crippen LogP contribution in [0.1, 0.15) is 12.0 Å². The Hall–Kier alpha value is -2.57. The van der Waals surface area contributed by atoms with Crippen LogP contribution in [0.3, 0.4) is 0 Å². The minimum atomic E-state index is -0.613. The second-order valence-corrected chi connectivity index (χ2v) is 7.19. The summed E-state index contributed by atoms with van der Waals surface area (Å²) in [5, 5.41) is 3.44. The van der Waals surface area contributed by atoms with Gasteiger partial charge in [0.05, 0.1) is 13.2 Å². The first-order valence-electron chi connectivity index (χ1n) is 9.78. The Balaban J connectivity index is 1.38. The minimum absolute atomic E-state index is 0.0215. The van der Waals surface area contributed by atoms with Crippen molar-refractivity contribution >= 4 is 11.8 Å². The standard InChI is InChI=1S/C22H26N2O4/c25-21(26-17-18-7-3-1-4-8-18)24-12-11-22(27-13-14-28-22)19(16-24)15-23-20-9-5-2-6-10-20/h1-10,19,23H,11-17H2. The molecule has 0 aromatic heterocycles. The van der Waals surface area contributed by atoms with E-state index in [1.165, 1.54) is 0 Å². The Kier molecular flexibility index (Phi) is 5.78. The molecule has 2 fully saturated rings. The number of anilines is 1. The fourth-order valence-electron chi connectivity index (χ4n) is 3.84. The summed E-state index contributed by atoms with van der Waals surface area (Å²) < 4.78 is 17.5. The Morgan fingerprint density at radius 1 is 1.07 bits per heavy atom. The van der Waals surface area contributed by atoms with Crippen molar-refractivity contribution in [2.75, 3.05) is 38.2 Å². The first-order chi connectivity index (χ1) is 13.8. The summed E-state index contributed by atoms with van der Waals surface area (Å²) in [6, 6.07) is 19.7. The van der Waals surface area contributed by atoms with Crippen molar-refractivity contribution in [3.05, 3.63) is 66.2 Å². The Morgan fingerprint density at radius 3 is 2.46 bits per heavy atom. The lowest BCUT2D eigenvalue weighted by Crippen LogP contribution is -2.56. The highest BCUT2D eigenvalue weighted by Gasteiger charge is 2.48. The van der Waals surface area contributed by atoms with Crippen molar-refractivity contribution in [1.82, 2.24) is 4.90 Å². The van der Waals surface area contributed by atoms with Gasteiger partial charge in [0.1, 0.15) is 6.61 Å². The van der Waals surface area contributed by atoms with Crippen molar-refractivity contribution in [1.29, 1.82) is 0 Å². The van der Waals surface area contributed by atoms with Gasteiger partial charge in [0.25, 0.3) is 0 Å². The molecule has 1 amide bonds. The normalized spacial score (nSPS) is 20.9. The number of ether oxygens (including phenoxy) is 3. The summed E-state index contributed by atoms with van der Waals surface area (Å²) >= 11 is 0.